The number of piperazine rings is 1. The molecule has 0 aromatic heterocycles. The van der Waals surface area contributed by atoms with E-state index >= 15 is 0 Å². The number of ether oxygens (including phenoxy) is 2. The lowest BCUT2D eigenvalue weighted by molar-refractivity contribution is 0.0663. The molecular formula is C26H30N2O3. The van der Waals surface area contributed by atoms with E-state index in [0.29, 0.717) is 13.2 Å². The molecule has 162 valence electrons. The van der Waals surface area contributed by atoms with Gasteiger partial charge >= 0.3 is 0 Å². The van der Waals surface area contributed by atoms with Crippen LogP contribution in [0, 0.1) is 0 Å². The van der Waals surface area contributed by atoms with Gasteiger partial charge in [0.1, 0.15) is 24.2 Å². The quantitative estimate of drug-likeness (QED) is 0.601. The van der Waals surface area contributed by atoms with Crippen LogP contribution in [0.1, 0.15) is 0 Å². The fraction of sp³-hybridized carbons (Fsp3) is 0.308. The van der Waals surface area contributed by atoms with Crippen molar-refractivity contribution in [2.24, 2.45) is 0 Å². The Balaban J connectivity index is 1.20. The van der Waals surface area contributed by atoms with Gasteiger partial charge in [0, 0.05) is 38.4 Å². The third kappa shape index (κ3) is 5.78. The molecule has 3 aromatic carbocycles. The summed E-state index contributed by atoms with van der Waals surface area (Å²) in [6, 6.07) is 26.5. The molecule has 1 heterocycles. The molecule has 31 heavy (non-hydrogen) atoms. The Labute approximate surface area is 184 Å². The number of nitrogens with zero attached hydrogens (tertiary/aromatic N) is 2. The van der Waals surface area contributed by atoms with Crippen LogP contribution < -0.4 is 14.4 Å². The molecule has 1 atom stereocenters. The van der Waals surface area contributed by atoms with Gasteiger partial charge in [-0.15, -0.1) is 0 Å². The minimum atomic E-state index is -0.513. The molecule has 4 rings (SSSR count). The number of β-amino-alcohol motifs (C(OH)–C–C–N with tert-alkyl or cyclic N) is 1. The number of rotatable bonds is 8. The van der Waals surface area contributed by atoms with Crippen LogP contribution >= 0.6 is 0 Å². The molecule has 0 amide bonds. The summed E-state index contributed by atoms with van der Waals surface area (Å²) in [5.41, 5.74) is 3.55. The maximum absolute atomic E-state index is 10.4. The SMILES string of the molecule is COc1ccc(N2CCN(C[C@@H](O)COc3ccc(-c4ccccc4)cc3)CC2)cc1. The zero-order chi connectivity index (χ0) is 21.5. The van der Waals surface area contributed by atoms with Gasteiger partial charge in [-0.2, -0.15) is 0 Å². The third-order valence-electron chi connectivity index (χ3n) is 5.68. The molecule has 5 nitrogen and oxygen atoms in total. The van der Waals surface area contributed by atoms with Crippen molar-refractivity contribution in [2.75, 3.05) is 51.3 Å². The Hall–Kier alpha value is -3.02. The van der Waals surface area contributed by atoms with Crippen molar-refractivity contribution in [1.82, 2.24) is 4.90 Å². The Kier molecular flexibility index (Phi) is 7.07. The summed E-state index contributed by atoms with van der Waals surface area (Å²) in [6.45, 7) is 4.66. The van der Waals surface area contributed by atoms with E-state index in [1.54, 1.807) is 7.11 Å². The molecule has 0 bridgehead atoms. The van der Waals surface area contributed by atoms with Gasteiger partial charge in [0.05, 0.1) is 7.11 Å². The normalized spacial score (nSPS) is 15.5. The molecule has 1 saturated heterocycles. The summed E-state index contributed by atoms with van der Waals surface area (Å²) < 4.78 is 11.0. The predicted octanol–water partition coefficient (Wildman–Crippen LogP) is 3.92. The zero-order valence-corrected chi connectivity index (χ0v) is 18.0. The van der Waals surface area contributed by atoms with Gasteiger partial charge in [-0.1, -0.05) is 42.5 Å². The molecule has 1 aliphatic rings. The first-order chi connectivity index (χ1) is 15.2. The van der Waals surface area contributed by atoms with Crippen LogP contribution in [0.3, 0.4) is 0 Å². The number of hydrogen-bond donors (Lipinski definition) is 1. The molecule has 0 unspecified atom stereocenters. The number of methoxy groups -OCH3 is 1. The first-order valence-corrected chi connectivity index (χ1v) is 10.8. The fourth-order valence-electron chi connectivity index (χ4n) is 3.90. The van der Waals surface area contributed by atoms with E-state index in [0.717, 1.165) is 43.2 Å². The summed E-state index contributed by atoms with van der Waals surface area (Å²) in [5, 5.41) is 10.4. The van der Waals surface area contributed by atoms with E-state index in [1.807, 2.05) is 42.5 Å². The Morgan fingerprint density at radius 3 is 2.03 bits per heavy atom. The average Bonchev–Trinajstić information content (AvgIpc) is 2.84. The third-order valence-corrected chi connectivity index (χ3v) is 5.68. The van der Waals surface area contributed by atoms with Crippen molar-refractivity contribution in [3.05, 3.63) is 78.9 Å². The molecule has 5 heteroatoms. The van der Waals surface area contributed by atoms with Crippen molar-refractivity contribution in [1.29, 1.82) is 0 Å². The molecule has 3 aromatic rings. The Bertz CT molecular complexity index is 921. The summed E-state index contributed by atoms with van der Waals surface area (Å²) >= 11 is 0. The minimum Gasteiger partial charge on any atom is -0.497 e. The van der Waals surface area contributed by atoms with Crippen LogP contribution in [0.2, 0.25) is 0 Å². The second-order valence-electron chi connectivity index (χ2n) is 7.84. The highest BCUT2D eigenvalue weighted by molar-refractivity contribution is 5.63. The standard InChI is InChI=1S/C26H30N2O3/c1-30-25-13-9-23(10-14-25)28-17-15-27(16-18-28)19-24(29)20-31-26-11-7-22(8-12-26)21-5-3-2-4-6-21/h2-14,24,29H,15-20H2,1H3/t24-/m1/s1. The molecular weight excluding hydrogens is 388 g/mol. The highest BCUT2D eigenvalue weighted by Crippen LogP contribution is 2.23. The zero-order valence-electron chi connectivity index (χ0n) is 18.0. The first-order valence-electron chi connectivity index (χ1n) is 10.8. The van der Waals surface area contributed by atoms with Gasteiger partial charge in [-0.25, -0.2) is 0 Å². The highest BCUT2D eigenvalue weighted by Gasteiger charge is 2.20. The predicted molar refractivity (Wildman–Crippen MR) is 125 cm³/mol. The lowest BCUT2D eigenvalue weighted by atomic mass is 10.1. The smallest absolute Gasteiger partial charge is 0.119 e. The van der Waals surface area contributed by atoms with Gasteiger partial charge in [-0.05, 0) is 47.5 Å². The van der Waals surface area contributed by atoms with Gasteiger partial charge in [0.15, 0.2) is 0 Å². The van der Waals surface area contributed by atoms with E-state index in [2.05, 4.69) is 46.2 Å². The summed E-state index contributed by atoms with van der Waals surface area (Å²) in [4.78, 5) is 4.67. The van der Waals surface area contributed by atoms with E-state index in [-0.39, 0.29) is 0 Å². The number of hydrogen-bond acceptors (Lipinski definition) is 5. The van der Waals surface area contributed by atoms with Crippen LogP contribution in [0.15, 0.2) is 78.9 Å². The molecule has 1 fully saturated rings. The van der Waals surface area contributed by atoms with Crippen LogP contribution in [-0.2, 0) is 0 Å². The number of anilines is 1. The molecule has 0 aliphatic carbocycles. The molecule has 0 saturated carbocycles. The summed E-state index contributed by atoms with van der Waals surface area (Å²) in [5.74, 6) is 1.66. The van der Waals surface area contributed by atoms with Crippen LogP contribution in [0.4, 0.5) is 5.69 Å². The second-order valence-corrected chi connectivity index (χ2v) is 7.84. The van der Waals surface area contributed by atoms with E-state index in [4.69, 9.17) is 9.47 Å². The van der Waals surface area contributed by atoms with E-state index in [9.17, 15) is 5.11 Å². The minimum absolute atomic E-state index is 0.295. The highest BCUT2D eigenvalue weighted by atomic mass is 16.5. The molecule has 0 radical (unpaired) electrons. The summed E-state index contributed by atoms with van der Waals surface area (Å²) in [6.07, 6.45) is -0.513. The number of aliphatic hydroxyl groups is 1. The number of aliphatic hydroxyl groups excluding tert-OH is 1. The van der Waals surface area contributed by atoms with E-state index < -0.39 is 6.10 Å². The number of benzene rings is 3. The second kappa shape index (κ2) is 10.3. The topological polar surface area (TPSA) is 45.2 Å². The molecule has 1 aliphatic heterocycles. The maximum Gasteiger partial charge on any atom is 0.119 e. The Morgan fingerprint density at radius 2 is 1.39 bits per heavy atom. The van der Waals surface area contributed by atoms with Gasteiger partial charge in [0.2, 0.25) is 0 Å². The van der Waals surface area contributed by atoms with Crippen molar-refractivity contribution < 1.29 is 14.6 Å². The summed E-state index contributed by atoms with van der Waals surface area (Å²) in [7, 11) is 1.68. The van der Waals surface area contributed by atoms with E-state index in [1.165, 1.54) is 11.3 Å². The lowest BCUT2D eigenvalue weighted by Gasteiger charge is -2.36. The van der Waals surface area contributed by atoms with Gasteiger partial charge in [-0.3, -0.25) is 4.90 Å². The maximum atomic E-state index is 10.4. The van der Waals surface area contributed by atoms with Crippen molar-refractivity contribution in [3.63, 3.8) is 0 Å². The van der Waals surface area contributed by atoms with Crippen LogP contribution in [-0.4, -0.2) is 62.6 Å². The average molecular weight is 419 g/mol. The van der Waals surface area contributed by atoms with Gasteiger partial charge in [0.25, 0.3) is 0 Å². The Morgan fingerprint density at radius 1 is 0.774 bits per heavy atom. The fourth-order valence-corrected chi connectivity index (χ4v) is 3.90. The largest absolute Gasteiger partial charge is 0.497 e. The van der Waals surface area contributed by atoms with Crippen molar-refractivity contribution in [3.8, 4) is 22.6 Å². The monoisotopic (exact) mass is 418 g/mol. The van der Waals surface area contributed by atoms with Crippen LogP contribution in [0.5, 0.6) is 11.5 Å². The van der Waals surface area contributed by atoms with Crippen molar-refractivity contribution in [2.45, 2.75) is 6.10 Å². The van der Waals surface area contributed by atoms with Crippen LogP contribution in [0.25, 0.3) is 11.1 Å². The molecule has 0 spiro atoms. The molecule has 1 N–H and O–H groups in total. The van der Waals surface area contributed by atoms with Crippen molar-refractivity contribution >= 4 is 5.69 Å². The lowest BCUT2D eigenvalue weighted by Crippen LogP contribution is -2.49. The first kappa shape index (κ1) is 21.2. The van der Waals surface area contributed by atoms with Gasteiger partial charge < -0.3 is 19.5 Å².